The third-order valence-electron chi connectivity index (χ3n) is 2.65. The van der Waals surface area contributed by atoms with E-state index in [0.717, 1.165) is 18.6 Å². The predicted molar refractivity (Wildman–Crippen MR) is 55.2 cm³/mol. The Balaban J connectivity index is 2.51. The summed E-state index contributed by atoms with van der Waals surface area (Å²) in [7, 11) is 0. The van der Waals surface area contributed by atoms with Crippen molar-refractivity contribution >= 4 is 5.71 Å². The van der Waals surface area contributed by atoms with E-state index in [-0.39, 0.29) is 0 Å². The van der Waals surface area contributed by atoms with Gasteiger partial charge in [0.2, 0.25) is 0 Å². The van der Waals surface area contributed by atoms with Gasteiger partial charge in [-0.1, -0.05) is 23.2 Å². The number of hydrogen-bond donors (Lipinski definition) is 1. The van der Waals surface area contributed by atoms with Crippen molar-refractivity contribution in [1.82, 2.24) is 0 Å². The highest BCUT2D eigenvalue weighted by Crippen LogP contribution is 2.25. The van der Waals surface area contributed by atoms with Gasteiger partial charge in [0.25, 0.3) is 0 Å². The second-order valence-corrected chi connectivity index (χ2v) is 4.05. The maximum atomic E-state index is 8.79. The van der Waals surface area contributed by atoms with E-state index in [2.05, 4.69) is 25.1 Å². The molecule has 2 heteroatoms. The lowest BCUT2D eigenvalue weighted by Crippen LogP contribution is -2.18. The molecule has 1 unspecified atom stereocenters. The lowest BCUT2D eigenvalue weighted by molar-refractivity contribution is 0.309. The summed E-state index contributed by atoms with van der Waals surface area (Å²) in [5.74, 6) is 0.494. The molecule has 1 rings (SSSR count). The summed E-state index contributed by atoms with van der Waals surface area (Å²) in [6, 6.07) is 0. The van der Waals surface area contributed by atoms with E-state index in [4.69, 9.17) is 5.21 Å². The van der Waals surface area contributed by atoms with Crippen LogP contribution in [0.3, 0.4) is 0 Å². The molecule has 0 aliphatic heterocycles. The van der Waals surface area contributed by atoms with Crippen LogP contribution in [0, 0.1) is 5.92 Å². The van der Waals surface area contributed by atoms with Crippen molar-refractivity contribution < 1.29 is 5.21 Å². The van der Waals surface area contributed by atoms with Crippen LogP contribution in [-0.2, 0) is 0 Å². The number of hydrogen-bond acceptors (Lipinski definition) is 2. The minimum atomic E-state index is 0.494. The molecule has 1 aliphatic rings. The monoisotopic (exact) mass is 181 g/mol. The fourth-order valence-corrected chi connectivity index (χ4v) is 1.83. The zero-order valence-corrected chi connectivity index (χ0v) is 8.58. The van der Waals surface area contributed by atoms with Crippen LogP contribution in [-0.4, -0.2) is 10.9 Å². The van der Waals surface area contributed by atoms with Crippen molar-refractivity contribution in [3.63, 3.8) is 0 Å². The van der Waals surface area contributed by atoms with E-state index >= 15 is 0 Å². The maximum Gasteiger partial charge on any atom is 0.0604 e. The topological polar surface area (TPSA) is 32.6 Å². The zero-order valence-electron chi connectivity index (χ0n) is 8.58. The first-order valence-corrected chi connectivity index (χ1v) is 5.08. The van der Waals surface area contributed by atoms with Crippen LogP contribution in [0.15, 0.2) is 16.8 Å². The first kappa shape index (κ1) is 10.3. The molecule has 0 amide bonds. The van der Waals surface area contributed by atoms with Gasteiger partial charge in [-0.15, -0.1) is 0 Å². The number of nitrogens with zero attached hydrogens (tertiary/aromatic N) is 1. The Bertz CT molecular complexity index is 214. The molecule has 0 radical (unpaired) electrons. The smallest absolute Gasteiger partial charge is 0.0604 e. The summed E-state index contributed by atoms with van der Waals surface area (Å²) in [5.41, 5.74) is 2.35. The van der Waals surface area contributed by atoms with Gasteiger partial charge in [-0.3, -0.25) is 0 Å². The fraction of sp³-hybridized carbons (Fsp3) is 0.727. The summed E-state index contributed by atoms with van der Waals surface area (Å²) in [5, 5.41) is 12.2. The summed E-state index contributed by atoms with van der Waals surface area (Å²) in [6.07, 6.45) is 7.91. The Labute approximate surface area is 80.3 Å². The summed E-state index contributed by atoms with van der Waals surface area (Å²) in [4.78, 5) is 0. The van der Waals surface area contributed by atoms with Gasteiger partial charge in [0, 0.05) is 5.92 Å². The molecule has 0 saturated heterocycles. The van der Waals surface area contributed by atoms with Gasteiger partial charge >= 0.3 is 0 Å². The molecule has 0 aromatic heterocycles. The molecule has 1 N–H and O–H groups in total. The highest BCUT2D eigenvalue weighted by molar-refractivity contribution is 5.86. The largest absolute Gasteiger partial charge is 0.411 e. The molecule has 1 saturated carbocycles. The molecular weight excluding hydrogens is 162 g/mol. The highest BCUT2D eigenvalue weighted by atomic mass is 16.4. The highest BCUT2D eigenvalue weighted by Gasteiger charge is 2.19. The Morgan fingerprint density at radius 2 is 2.31 bits per heavy atom. The van der Waals surface area contributed by atoms with Crippen molar-refractivity contribution in [2.45, 2.75) is 46.0 Å². The van der Waals surface area contributed by atoms with Crippen LogP contribution in [0.5, 0.6) is 0 Å². The van der Waals surface area contributed by atoms with E-state index in [0.29, 0.717) is 5.92 Å². The Morgan fingerprint density at radius 3 is 2.92 bits per heavy atom. The van der Waals surface area contributed by atoms with E-state index in [1.807, 2.05) is 0 Å². The summed E-state index contributed by atoms with van der Waals surface area (Å²) in [6.45, 7) is 4.22. The SMILES string of the molecule is CC(C)=CCC1CCCC/C1=N\O. The average molecular weight is 181 g/mol. The molecule has 1 aliphatic carbocycles. The standard InChI is InChI=1S/C11H19NO/c1-9(2)7-8-10-5-3-4-6-11(10)12-13/h7,10,13H,3-6,8H2,1-2H3/b12-11+. The van der Waals surface area contributed by atoms with Crippen molar-refractivity contribution in [3.05, 3.63) is 11.6 Å². The number of allylic oxidation sites excluding steroid dienone is 2. The Kier molecular flexibility index (Phi) is 4.00. The third-order valence-corrected chi connectivity index (χ3v) is 2.65. The molecule has 1 fully saturated rings. The van der Waals surface area contributed by atoms with Crippen LogP contribution in [0.4, 0.5) is 0 Å². The van der Waals surface area contributed by atoms with Crippen LogP contribution < -0.4 is 0 Å². The van der Waals surface area contributed by atoms with E-state index in [9.17, 15) is 0 Å². The van der Waals surface area contributed by atoms with Crippen LogP contribution in [0.2, 0.25) is 0 Å². The van der Waals surface area contributed by atoms with Gasteiger partial charge < -0.3 is 5.21 Å². The summed E-state index contributed by atoms with van der Waals surface area (Å²) < 4.78 is 0. The summed E-state index contributed by atoms with van der Waals surface area (Å²) >= 11 is 0. The predicted octanol–water partition coefficient (Wildman–Crippen LogP) is 3.36. The molecule has 13 heavy (non-hydrogen) atoms. The molecule has 0 heterocycles. The Morgan fingerprint density at radius 1 is 1.54 bits per heavy atom. The molecule has 0 bridgehead atoms. The minimum absolute atomic E-state index is 0.494. The number of rotatable bonds is 2. The van der Waals surface area contributed by atoms with E-state index in [1.165, 1.54) is 24.8 Å². The molecule has 1 atom stereocenters. The van der Waals surface area contributed by atoms with Crippen LogP contribution >= 0.6 is 0 Å². The molecular formula is C11H19NO. The van der Waals surface area contributed by atoms with Gasteiger partial charge in [0.1, 0.15) is 0 Å². The third kappa shape index (κ3) is 3.21. The van der Waals surface area contributed by atoms with Crippen molar-refractivity contribution in [2.24, 2.45) is 11.1 Å². The molecule has 0 spiro atoms. The molecule has 2 nitrogen and oxygen atoms in total. The van der Waals surface area contributed by atoms with Crippen LogP contribution in [0.25, 0.3) is 0 Å². The fourth-order valence-electron chi connectivity index (χ4n) is 1.83. The first-order valence-electron chi connectivity index (χ1n) is 5.08. The maximum absolute atomic E-state index is 8.79. The van der Waals surface area contributed by atoms with Crippen molar-refractivity contribution in [2.75, 3.05) is 0 Å². The second-order valence-electron chi connectivity index (χ2n) is 4.05. The lowest BCUT2D eigenvalue weighted by Gasteiger charge is -2.21. The Hall–Kier alpha value is -0.790. The minimum Gasteiger partial charge on any atom is -0.411 e. The van der Waals surface area contributed by atoms with Gasteiger partial charge in [0.15, 0.2) is 0 Å². The van der Waals surface area contributed by atoms with Gasteiger partial charge in [-0.05, 0) is 39.5 Å². The molecule has 0 aromatic rings. The molecule has 74 valence electrons. The van der Waals surface area contributed by atoms with Crippen molar-refractivity contribution in [3.8, 4) is 0 Å². The lowest BCUT2D eigenvalue weighted by atomic mass is 9.85. The van der Waals surface area contributed by atoms with Crippen molar-refractivity contribution in [1.29, 1.82) is 0 Å². The van der Waals surface area contributed by atoms with Crippen LogP contribution in [0.1, 0.15) is 46.0 Å². The second kappa shape index (κ2) is 5.05. The normalized spacial score (nSPS) is 26.0. The quantitative estimate of drug-likeness (QED) is 0.395. The average Bonchev–Trinajstić information content (AvgIpc) is 2.15. The van der Waals surface area contributed by atoms with Gasteiger partial charge in [-0.2, -0.15) is 0 Å². The zero-order chi connectivity index (χ0) is 9.68. The van der Waals surface area contributed by atoms with E-state index in [1.54, 1.807) is 0 Å². The van der Waals surface area contributed by atoms with Gasteiger partial charge in [-0.25, -0.2) is 0 Å². The molecule has 0 aromatic carbocycles. The number of oxime groups is 1. The first-order chi connectivity index (χ1) is 6.24. The van der Waals surface area contributed by atoms with E-state index < -0.39 is 0 Å². The van der Waals surface area contributed by atoms with Gasteiger partial charge in [0.05, 0.1) is 5.71 Å².